The maximum atomic E-state index is 14.6. The number of carbonyl (C=O) groups excluding carboxylic acids is 1. The lowest BCUT2D eigenvalue weighted by molar-refractivity contribution is -0.302. The van der Waals surface area contributed by atoms with Crippen LogP contribution >= 0.6 is 0 Å². The summed E-state index contributed by atoms with van der Waals surface area (Å²) in [6.07, 6.45) is -10.6. The van der Waals surface area contributed by atoms with Crippen LogP contribution in [0, 0.1) is 0 Å². The molecule has 1 aliphatic rings. The highest BCUT2D eigenvalue weighted by Crippen LogP contribution is 2.38. The summed E-state index contributed by atoms with van der Waals surface area (Å²) in [5.74, 6) is -1.15. The monoisotopic (exact) mass is 806 g/mol. The fourth-order valence-electron chi connectivity index (χ4n) is 6.81. The largest absolute Gasteiger partial charge is 0.459 e. The molecule has 1 N–H and O–H groups in total. The van der Waals surface area contributed by atoms with Gasteiger partial charge in [-0.2, -0.15) is 13.2 Å². The third kappa shape index (κ3) is 11.0. The molecule has 12 heteroatoms. The summed E-state index contributed by atoms with van der Waals surface area (Å²) >= 11 is 0. The SMILES string of the molecule is CCc1ccc(Cc2c(O[C@@H]3O[C@H](C(=O)OCc4ccccc4)[C@@H](OCc4ccccc4)[C@H](OCc4ccccc4)[C@H]3OCc3ccccc3)n[nH]c2C(F)(F)F)cc1. The number of hydrogen-bond donors (Lipinski definition) is 1. The van der Waals surface area contributed by atoms with Crippen LogP contribution < -0.4 is 4.74 Å². The number of rotatable bonds is 17. The molecule has 2 heterocycles. The zero-order valence-corrected chi connectivity index (χ0v) is 32.4. The molecule has 0 radical (unpaired) electrons. The van der Waals surface area contributed by atoms with Gasteiger partial charge in [0.15, 0.2) is 6.10 Å². The molecule has 0 spiro atoms. The average molecular weight is 807 g/mol. The first kappa shape index (κ1) is 41.4. The van der Waals surface area contributed by atoms with Crippen molar-refractivity contribution in [3.8, 4) is 5.88 Å². The quantitative estimate of drug-likeness (QED) is 0.0912. The van der Waals surface area contributed by atoms with Crippen molar-refractivity contribution in [3.05, 3.63) is 190 Å². The molecule has 0 saturated carbocycles. The number of benzene rings is 5. The van der Waals surface area contributed by atoms with Crippen molar-refractivity contribution in [1.82, 2.24) is 10.2 Å². The number of halogens is 3. The predicted molar refractivity (Wildman–Crippen MR) is 213 cm³/mol. The molecule has 1 aliphatic heterocycles. The number of nitrogens with one attached hydrogen (secondary N) is 1. The van der Waals surface area contributed by atoms with Crippen molar-refractivity contribution in [2.24, 2.45) is 0 Å². The average Bonchev–Trinajstić information content (AvgIpc) is 3.67. The lowest BCUT2D eigenvalue weighted by Gasteiger charge is -2.44. The van der Waals surface area contributed by atoms with E-state index in [9.17, 15) is 18.0 Å². The first-order valence-electron chi connectivity index (χ1n) is 19.5. The minimum Gasteiger partial charge on any atom is -0.459 e. The van der Waals surface area contributed by atoms with Crippen LogP contribution in [0.25, 0.3) is 0 Å². The summed E-state index contributed by atoms with van der Waals surface area (Å²) in [4.78, 5) is 14.2. The summed E-state index contributed by atoms with van der Waals surface area (Å²) in [5, 5.41) is 6.18. The molecule has 9 nitrogen and oxygen atoms in total. The molecule has 0 amide bonds. The van der Waals surface area contributed by atoms with E-state index in [0.29, 0.717) is 5.56 Å². The van der Waals surface area contributed by atoms with Crippen molar-refractivity contribution in [2.45, 2.75) is 83.1 Å². The van der Waals surface area contributed by atoms with Gasteiger partial charge >= 0.3 is 12.1 Å². The van der Waals surface area contributed by atoms with Gasteiger partial charge in [-0.15, -0.1) is 5.10 Å². The number of nitrogens with zero attached hydrogens (tertiary/aromatic N) is 1. The molecular formula is C47H45F3N2O7. The number of aromatic amines is 1. The maximum Gasteiger partial charge on any atom is 0.433 e. The lowest BCUT2D eigenvalue weighted by Crippen LogP contribution is -2.63. The van der Waals surface area contributed by atoms with E-state index in [0.717, 1.165) is 34.2 Å². The third-order valence-electron chi connectivity index (χ3n) is 9.96. The van der Waals surface area contributed by atoms with Gasteiger partial charge in [-0.25, -0.2) is 4.79 Å². The highest BCUT2D eigenvalue weighted by Gasteiger charge is 2.53. The molecule has 5 aromatic carbocycles. The Bertz CT molecular complexity index is 2190. The van der Waals surface area contributed by atoms with Crippen molar-refractivity contribution < 1.29 is 46.4 Å². The third-order valence-corrected chi connectivity index (χ3v) is 9.96. The van der Waals surface area contributed by atoms with E-state index in [1.165, 1.54) is 0 Å². The van der Waals surface area contributed by atoms with Gasteiger partial charge in [-0.3, -0.25) is 5.10 Å². The summed E-state index contributed by atoms with van der Waals surface area (Å²) in [6, 6.07) is 44.6. The van der Waals surface area contributed by atoms with E-state index in [1.54, 1.807) is 12.1 Å². The molecule has 5 atom stereocenters. The number of alkyl halides is 3. The van der Waals surface area contributed by atoms with Gasteiger partial charge in [-0.05, 0) is 39.8 Å². The molecule has 1 fully saturated rings. The molecule has 6 aromatic rings. The van der Waals surface area contributed by atoms with Crippen LogP contribution in [0.5, 0.6) is 5.88 Å². The second kappa shape index (κ2) is 19.8. The summed E-state index contributed by atoms with van der Waals surface area (Å²) in [5.41, 5.74) is 3.53. The molecule has 7 rings (SSSR count). The number of aryl methyl sites for hydroxylation is 1. The van der Waals surface area contributed by atoms with E-state index < -0.39 is 48.5 Å². The smallest absolute Gasteiger partial charge is 0.433 e. The van der Waals surface area contributed by atoms with Gasteiger partial charge in [0.1, 0.15) is 30.6 Å². The van der Waals surface area contributed by atoms with E-state index in [1.807, 2.05) is 140 Å². The highest BCUT2D eigenvalue weighted by molar-refractivity contribution is 5.76. The molecular weight excluding hydrogens is 762 g/mol. The Morgan fingerprint density at radius 2 is 1.07 bits per heavy atom. The van der Waals surface area contributed by atoms with E-state index in [4.69, 9.17) is 28.4 Å². The summed E-state index contributed by atoms with van der Waals surface area (Å²) < 4.78 is 82.2. The number of H-pyrrole nitrogens is 1. The van der Waals surface area contributed by atoms with Crippen molar-refractivity contribution in [1.29, 1.82) is 0 Å². The summed E-state index contributed by atoms with van der Waals surface area (Å²) in [7, 11) is 0. The number of hydrogen-bond acceptors (Lipinski definition) is 8. The first-order valence-corrected chi connectivity index (χ1v) is 19.5. The highest BCUT2D eigenvalue weighted by atomic mass is 19.4. The van der Waals surface area contributed by atoms with Crippen LogP contribution in [-0.4, -0.2) is 46.9 Å². The van der Waals surface area contributed by atoms with E-state index in [-0.39, 0.29) is 44.3 Å². The van der Waals surface area contributed by atoms with Gasteiger partial charge in [0.05, 0.1) is 25.4 Å². The molecule has 59 heavy (non-hydrogen) atoms. The summed E-state index contributed by atoms with van der Waals surface area (Å²) in [6.45, 7) is 2.10. The van der Waals surface area contributed by atoms with Gasteiger partial charge in [0, 0.05) is 6.42 Å². The van der Waals surface area contributed by atoms with Gasteiger partial charge < -0.3 is 28.4 Å². The number of esters is 1. The minimum atomic E-state index is -4.79. The Hall–Kier alpha value is -5.79. The number of aromatic nitrogens is 2. The van der Waals surface area contributed by atoms with Gasteiger partial charge in [-0.1, -0.05) is 153 Å². The fraction of sp³-hybridized carbons (Fsp3) is 0.277. The molecule has 0 aliphatic carbocycles. The van der Waals surface area contributed by atoms with Crippen LogP contribution in [0.15, 0.2) is 146 Å². The Morgan fingerprint density at radius 3 is 1.56 bits per heavy atom. The van der Waals surface area contributed by atoms with Crippen LogP contribution in [0.3, 0.4) is 0 Å². The van der Waals surface area contributed by atoms with Crippen LogP contribution in [-0.2, 0) is 73.9 Å². The second-order valence-electron chi connectivity index (χ2n) is 14.1. The maximum absolute atomic E-state index is 14.6. The van der Waals surface area contributed by atoms with Crippen LogP contribution in [0.1, 0.15) is 51.6 Å². The number of ether oxygens (including phenoxy) is 6. The molecule has 306 valence electrons. The first-order chi connectivity index (χ1) is 28.7. The zero-order valence-electron chi connectivity index (χ0n) is 32.4. The lowest BCUT2D eigenvalue weighted by atomic mass is 9.97. The standard InChI is InChI=1S/C47H45F3N2O7/c1-2-32-23-25-33(26-24-32)27-38-43(47(48,49)50)51-52-44(38)59-46-42(56-30-36-19-11-5-12-20-36)40(55-29-35-17-9-4-10-18-35)39(54-28-34-15-7-3-8-16-34)41(58-46)45(53)57-31-37-21-13-6-14-22-37/h3-26,39-42,46H,2,27-31H2,1H3,(H,51,52)/t39-,40-,41-,42+,46-/m0/s1. The Balaban J connectivity index is 1.28. The normalized spacial score (nSPS) is 19.3. The van der Waals surface area contributed by atoms with Crippen LogP contribution in [0.2, 0.25) is 0 Å². The fourth-order valence-corrected chi connectivity index (χ4v) is 6.81. The molecule has 0 unspecified atom stereocenters. The van der Waals surface area contributed by atoms with E-state index >= 15 is 0 Å². The van der Waals surface area contributed by atoms with Crippen molar-refractivity contribution in [3.63, 3.8) is 0 Å². The second-order valence-corrected chi connectivity index (χ2v) is 14.1. The van der Waals surface area contributed by atoms with Crippen molar-refractivity contribution >= 4 is 5.97 Å². The molecule has 1 aromatic heterocycles. The Kier molecular flexibility index (Phi) is 13.9. The number of carbonyl (C=O) groups is 1. The zero-order chi connectivity index (χ0) is 41.0. The molecule has 1 saturated heterocycles. The predicted octanol–water partition coefficient (Wildman–Crippen LogP) is 9.19. The van der Waals surface area contributed by atoms with Gasteiger partial charge in [0.25, 0.3) is 0 Å². The van der Waals surface area contributed by atoms with E-state index in [2.05, 4.69) is 10.2 Å². The Labute approximate surface area is 341 Å². The minimum absolute atomic E-state index is 0.0411. The van der Waals surface area contributed by atoms with Gasteiger partial charge in [0.2, 0.25) is 12.2 Å². The van der Waals surface area contributed by atoms with Crippen LogP contribution in [0.4, 0.5) is 13.2 Å². The topological polar surface area (TPSA) is 101 Å². The van der Waals surface area contributed by atoms with Crippen molar-refractivity contribution in [2.75, 3.05) is 0 Å². The molecule has 0 bridgehead atoms. The Morgan fingerprint density at radius 1 is 0.610 bits per heavy atom.